The van der Waals surface area contributed by atoms with Crippen molar-refractivity contribution in [3.63, 3.8) is 0 Å². The molecule has 0 spiro atoms. The maximum atomic E-state index is 6.65. The molecule has 106 valence electrons. The number of hydrogen-bond acceptors (Lipinski definition) is 1. The maximum absolute atomic E-state index is 6.65. The van der Waals surface area contributed by atoms with E-state index in [2.05, 4.69) is 75.4 Å². The molecule has 1 unspecified atom stereocenters. The Balaban J connectivity index is 2.24. The number of rotatable bonds is 2. The van der Waals surface area contributed by atoms with Gasteiger partial charge < -0.3 is 5.73 Å². The van der Waals surface area contributed by atoms with Crippen LogP contribution in [-0.2, 0) is 0 Å². The average Bonchev–Trinajstić information content (AvgIpc) is 2.49. The molecule has 0 amide bonds. The fourth-order valence-corrected chi connectivity index (χ4v) is 3.07. The fraction of sp³-hybridized carbons (Fsp3) is 0.200. The number of hydrogen-bond donors (Lipinski definition) is 1. The first-order valence-electron chi connectivity index (χ1n) is 7.39. The third kappa shape index (κ3) is 2.45. The van der Waals surface area contributed by atoms with E-state index in [-0.39, 0.29) is 6.04 Å². The molecule has 21 heavy (non-hydrogen) atoms. The van der Waals surface area contributed by atoms with Crippen molar-refractivity contribution >= 4 is 10.8 Å². The maximum Gasteiger partial charge on any atom is 0.0563 e. The van der Waals surface area contributed by atoms with Gasteiger partial charge in [-0.2, -0.15) is 0 Å². The van der Waals surface area contributed by atoms with Crippen LogP contribution < -0.4 is 5.73 Å². The summed E-state index contributed by atoms with van der Waals surface area (Å²) in [5, 5.41) is 2.50. The van der Waals surface area contributed by atoms with Crippen molar-refractivity contribution < 1.29 is 0 Å². The van der Waals surface area contributed by atoms with Crippen LogP contribution in [-0.4, -0.2) is 0 Å². The van der Waals surface area contributed by atoms with Crippen LogP contribution in [0.5, 0.6) is 0 Å². The van der Waals surface area contributed by atoms with Gasteiger partial charge in [-0.05, 0) is 53.8 Å². The minimum Gasteiger partial charge on any atom is -0.320 e. The molecule has 0 aliphatic rings. The van der Waals surface area contributed by atoms with E-state index in [9.17, 15) is 0 Å². The van der Waals surface area contributed by atoms with Gasteiger partial charge in [0.05, 0.1) is 6.04 Å². The molecule has 0 bridgehead atoms. The van der Waals surface area contributed by atoms with E-state index in [1.807, 2.05) is 0 Å². The van der Waals surface area contributed by atoms with Crippen molar-refractivity contribution in [1.82, 2.24) is 0 Å². The minimum atomic E-state index is -0.0870. The highest BCUT2D eigenvalue weighted by molar-refractivity contribution is 5.87. The molecule has 2 N–H and O–H groups in total. The predicted molar refractivity (Wildman–Crippen MR) is 90.6 cm³/mol. The number of nitrogens with two attached hydrogens (primary N) is 1. The Morgan fingerprint density at radius 1 is 0.810 bits per heavy atom. The summed E-state index contributed by atoms with van der Waals surface area (Å²) in [6.07, 6.45) is 0. The molecule has 1 nitrogen and oxygen atoms in total. The first kappa shape index (κ1) is 13.8. The summed E-state index contributed by atoms with van der Waals surface area (Å²) < 4.78 is 0. The van der Waals surface area contributed by atoms with Crippen LogP contribution in [0.2, 0.25) is 0 Å². The number of benzene rings is 3. The summed E-state index contributed by atoms with van der Waals surface area (Å²) in [6.45, 7) is 6.40. The van der Waals surface area contributed by atoms with E-state index < -0.39 is 0 Å². The fourth-order valence-electron chi connectivity index (χ4n) is 3.07. The molecule has 0 aromatic heterocycles. The first-order chi connectivity index (χ1) is 10.1. The van der Waals surface area contributed by atoms with E-state index in [1.165, 1.54) is 38.6 Å². The lowest BCUT2D eigenvalue weighted by Gasteiger charge is -2.20. The zero-order valence-electron chi connectivity index (χ0n) is 12.9. The smallest absolute Gasteiger partial charge is 0.0563 e. The van der Waals surface area contributed by atoms with Crippen molar-refractivity contribution in [2.45, 2.75) is 26.8 Å². The van der Waals surface area contributed by atoms with Gasteiger partial charge in [-0.3, -0.25) is 0 Å². The third-order valence-electron chi connectivity index (χ3n) is 4.27. The van der Waals surface area contributed by atoms with Gasteiger partial charge in [0.2, 0.25) is 0 Å². The van der Waals surface area contributed by atoms with Crippen molar-refractivity contribution in [1.29, 1.82) is 0 Å². The monoisotopic (exact) mass is 275 g/mol. The van der Waals surface area contributed by atoms with Gasteiger partial charge in [0.15, 0.2) is 0 Å². The quantitative estimate of drug-likeness (QED) is 0.713. The Hall–Kier alpha value is -2.12. The molecule has 0 saturated heterocycles. The van der Waals surface area contributed by atoms with Gasteiger partial charge in [0, 0.05) is 0 Å². The second kappa shape index (κ2) is 5.34. The molecular formula is C20H21N. The summed E-state index contributed by atoms with van der Waals surface area (Å²) >= 11 is 0. The lowest BCUT2D eigenvalue weighted by atomic mass is 9.88. The molecule has 3 aromatic rings. The topological polar surface area (TPSA) is 26.0 Å². The Kier molecular flexibility index (Phi) is 3.52. The van der Waals surface area contributed by atoms with Gasteiger partial charge in [-0.1, -0.05) is 60.2 Å². The normalized spacial score (nSPS) is 12.6. The van der Waals surface area contributed by atoms with Crippen molar-refractivity contribution in [3.8, 4) is 0 Å². The lowest BCUT2D eigenvalue weighted by molar-refractivity contribution is 0.860. The number of aryl methyl sites for hydroxylation is 3. The molecule has 0 aliphatic heterocycles. The van der Waals surface area contributed by atoms with Gasteiger partial charge in [0.1, 0.15) is 0 Å². The predicted octanol–water partition coefficient (Wildman–Crippen LogP) is 4.81. The van der Waals surface area contributed by atoms with Crippen molar-refractivity contribution in [2.24, 2.45) is 5.73 Å². The zero-order chi connectivity index (χ0) is 15.0. The van der Waals surface area contributed by atoms with Crippen LogP contribution in [0.15, 0.2) is 54.6 Å². The SMILES string of the molecule is Cc1ccc(C)c(C(N)c2c(C)ccc3ccccc23)c1. The van der Waals surface area contributed by atoms with Crippen LogP contribution in [0.1, 0.15) is 33.9 Å². The molecule has 3 aromatic carbocycles. The summed E-state index contributed by atoms with van der Waals surface area (Å²) in [5.41, 5.74) is 12.9. The van der Waals surface area contributed by atoms with E-state index in [1.54, 1.807) is 0 Å². The second-order valence-corrected chi connectivity index (χ2v) is 5.85. The molecule has 3 rings (SSSR count). The molecule has 0 radical (unpaired) electrons. The molecule has 0 fully saturated rings. The Labute approximate surface area is 126 Å². The van der Waals surface area contributed by atoms with E-state index in [4.69, 9.17) is 5.73 Å². The second-order valence-electron chi connectivity index (χ2n) is 5.85. The van der Waals surface area contributed by atoms with Crippen molar-refractivity contribution in [2.75, 3.05) is 0 Å². The average molecular weight is 275 g/mol. The van der Waals surface area contributed by atoms with Crippen molar-refractivity contribution in [3.05, 3.63) is 82.4 Å². The number of fused-ring (bicyclic) bond motifs is 1. The van der Waals surface area contributed by atoms with E-state index in [0.29, 0.717) is 0 Å². The van der Waals surface area contributed by atoms with Crippen LogP contribution >= 0.6 is 0 Å². The van der Waals surface area contributed by atoms with Crippen LogP contribution in [0, 0.1) is 20.8 Å². The van der Waals surface area contributed by atoms with Gasteiger partial charge >= 0.3 is 0 Å². The Morgan fingerprint density at radius 3 is 2.33 bits per heavy atom. The summed E-state index contributed by atoms with van der Waals surface area (Å²) in [5.74, 6) is 0. The molecule has 0 saturated carbocycles. The van der Waals surface area contributed by atoms with Gasteiger partial charge in [0.25, 0.3) is 0 Å². The molecule has 0 aliphatic carbocycles. The molecule has 1 heteroatoms. The summed E-state index contributed by atoms with van der Waals surface area (Å²) in [7, 11) is 0. The highest BCUT2D eigenvalue weighted by Crippen LogP contribution is 2.31. The molecule has 0 heterocycles. The van der Waals surface area contributed by atoms with E-state index in [0.717, 1.165) is 0 Å². The third-order valence-corrected chi connectivity index (χ3v) is 4.27. The lowest BCUT2D eigenvalue weighted by Crippen LogP contribution is -2.15. The van der Waals surface area contributed by atoms with Crippen LogP contribution in [0.25, 0.3) is 10.8 Å². The minimum absolute atomic E-state index is 0.0870. The molecule has 1 atom stereocenters. The summed E-state index contributed by atoms with van der Waals surface area (Å²) in [4.78, 5) is 0. The summed E-state index contributed by atoms with van der Waals surface area (Å²) in [6, 6.07) is 19.2. The zero-order valence-corrected chi connectivity index (χ0v) is 12.9. The van der Waals surface area contributed by atoms with E-state index >= 15 is 0 Å². The van der Waals surface area contributed by atoms with Crippen LogP contribution in [0.3, 0.4) is 0 Å². The highest BCUT2D eigenvalue weighted by atomic mass is 14.6. The largest absolute Gasteiger partial charge is 0.320 e. The highest BCUT2D eigenvalue weighted by Gasteiger charge is 2.16. The van der Waals surface area contributed by atoms with Crippen LogP contribution in [0.4, 0.5) is 0 Å². The van der Waals surface area contributed by atoms with Gasteiger partial charge in [-0.15, -0.1) is 0 Å². The Bertz CT molecular complexity index is 802. The first-order valence-corrected chi connectivity index (χ1v) is 7.39. The Morgan fingerprint density at radius 2 is 1.52 bits per heavy atom. The van der Waals surface area contributed by atoms with Gasteiger partial charge in [-0.25, -0.2) is 0 Å². The molecular weight excluding hydrogens is 254 g/mol. The standard InChI is InChI=1S/C20H21N/c1-13-8-9-14(2)18(12-13)20(21)19-15(3)10-11-16-6-4-5-7-17(16)19/h4-12,20H,21H2,1-3H3.